The SMILES string of the molecule is COc1cc(C(=O)N2CCNCC2c2cccc(F)c2)ccc1OCC(N)=O.Cl. The molecule has 1 heterocycles. The Bertz CT molecular complexity index is 881. The molecule has 0 aliphatic carbocycles. The molecule has 0 saturated carbocycles. The van der Waals surface area contributed by atoms with Crippen molar-refractivity contribution in [2.24, 2.45) is 5.73 Å². The van der Waals surface area contributed by atoms with Crippen LogP contribution in [0.2, 0.25) is 0 Å². The van der Waals surface area contributed by atoms with Crippen LogP contribution in [-0.2, 0) is 4.79 Å². The summed E-state index contributed by atoms with van der Waals surface area (Å²) in [5.41, 5.74) is 6.23. The predicted molar refractivity (Wildman–Crippen MR) is 108 cm³/mol. The number of piperazine rings is 1. The minimum atomic E-state index is -0.610. The molecule has 3 rings (SSSR count). The molecule has 1 aliphatic rings. The number of ether oxygens (including phenoxy) is 2. The zero-order valence-corrected chi connectivity index (χ0v) is 16.7. The molecule has 1 unspecified atom stereocenters. The Morgan fingerprint density at radius 3 is 2.72 bits per heavy atom. The van der Waals surface area contributed by atoms with E-state index in [0.717, 1.165) is 5.56 Å². The van der Waals surface area contributed by atoms with Crippen LogP contribution in [0, 0.1) is 5.82 Å². The summed E-state index contributed by atoms with van der Waals surface area (Å²) in [4.78, 5) is 25.8. The van der Waals surface area contributed by atoms with Gasteiger partial charge in [0.05, 0.1) is 13.2 Å². The number of nitrogens with two attached hydrogens (primary N) is 1. The molecule has 0 bridgehead atoms. The lowest BCUT2D eigenvalue weighted by molar-refractivity contribution is -0.119. The number of hydrogen-bond acceptors (Lipinski definition) is 5. The average molecular weight is 424 g/mol. The fourth-order valence-corrected chi connectivity index (χ4v) is 3.19. The lowest BCUT2D eigenvalue weighted by Crippen LogP contribution is -2.48. The second-order valence-corrected chi connectivity index (χ2v) is 6.39. The highest BCUT2D eigenvalue weighted by Gasteiger charge is 2.29. The second kappa shape index (κ2) is 10.1. The fourth-order valence-electron chi connectivity index (χ4n) is 3.19. The van der Waals surface area contributed by atoms with Gasteiger partial charge in [0.15, 0.2) is 18.1 Å². The standard InChI is InChI=1S/C20H22FN3O4.ClH/c1-27-18-10-14(5-6-17(18)28-12-19(22)25)20(26)24-8-7-23-11-16(24)13-3-2-4-15(21)9-13;/h2-6,9-10,16,23H,7-8,11-12H2,1H3,(H2,22,25);1H. The highest BCUT2D eigenvalue weighted by Crippen LogP contribution is 2.30. The van der Waals surface area contributed by atoms with Crippen LogP contribution in [0.3, 0.4) is 0 Å². The lowest BCUT2D eigenvalue weighted by Gasteiger charge is -2.36. The summed E-state index contributed by atoms with van der Waals surface area (Å²) in [6.45, 7) is 1.38. The normalized spacial score (nSPS) is 15.9. The zero-order chi connectivity index (χ0) is 20.1. The Hall–Kier alpha value is -2.84. The van der Waals surface area contributed by atoms with Gasteiger partial charge in [0, 0.05) is 25.2 Å². The fraction of sp³-hybridized carbons (Fsp3) is 0.300. The molecular formula is C20H23ClFN3O4. The summed E-state index contributed by atoms with van der Waals surface area (Å²) in [7, 11) is 1.45. The average Bonchev–Trinajstić information content (AvgIpc) is 2.71. The number of rotatable bonds is 6. The van der Waals surface area contributed by atoms with Crippen molar-refractivity contribution < 1.29 is 23.5 Å². The highest BCUT2D eigenvalue weighted by atomic mass is 35.5. The first-order chi connectivity index (χ1) is 13.5. The van der Waals surface area contributed by atoms with Crippen LogP contribution in [0.25, 0.3) is 0 Å². The second-order valence-electron chi connectivity index (χ2n) is 6.39. The Labute approximate surface area is 174 Å². The maximum atomic E-state index is 13.7. The van der Waals surface area contributed by atoms with Gasteiger partial charge in [-0.1, -0.05) is 12.1 Å². The molecular weight excluding hydrogens is 401 g/mol. The molecule has 7 nitrogen and oxygen atoms in total. The number of amides is 2. The van der Waals surface area contributed by atoms with Gasteiger partial charge in [0.1, 0.15) is 5.82 Å². The molecule has 1 saturated heterocycles. The molecule has 1 atom stereocenters. The third kappa shape index (κ3) is 5.36. The van der Waals surface area contributed by atoms with Crippen molar-refractivity contribution in [1.29, 1.82) is 0 Å². The van der Waals surface area contributed by atoms with Crippen molar-refractivity contribution in [3.05, 3.63) is 59.4 Å². The van der Waals surface area contributed by atoms with Crippen LogP contribution >= 0.6 is 12.4 Å². The summed E-state index contributed by atoms with van der Waals surface area (Å²) >= 11 is 0. The van der Waals surface area contributed by atoms with E-state index in [2.05, 4.69) is 5.32 Å². The number of nitrogens with zero attached hydrogens (tertiary/aromatic N) is 1. The van der Waals surface area contributed by atoms with Gasteiger partial charge in [-0.05, 0) is 35.9 Å². The van der Waals surface area contributed by atoms with Crippen LogP contribution in [0.5, 0.6) is 11.5 Å². The van der Waals surface area contributed by atoms with E-state index in [4.69, 9.17) is 15.2 Å². The minimum Gasteiger partial charge on any atom is -0.493 e. The first-order valence-electron chi connectivity index (χ1n) is 8.86. The van der Waals surface area contributed by atoms with Crippen molar-refractivity contribution in [2.45, 2.75) is 6.04 Å². The van der Waals surface area contributed by atoms with Crippen molar-refractivity contribution in [1.82, 2.24) is 10.2 Å². The summed E-state index contributed by atoms with van der Waals surface area (Å²) in [6.07, 6.45) is 0. The smallest absolute Gasteiger partial charge is 0.255 e. The van der Waals surface area contributed by atoms with E-state index >= 15 is 0 Å². The number of carbonyl (C=O) groups excluding carboxylic acids is 2. The van der Waals surface area contributed by atoms with Gasteiger partial charge in [-0.15, -0.1) is 12.4 Å². The van der Waals surface area contributed by atoms with Gasteiger partial charge >= 0.3 is 0 Å². The topological polar surface area (TPSA) is 93.9 Å². The van der Waals surface area contributed by atoms with E-state index in [1.54, 1.807) is 29.2 Å². The van der Waals surface area contributed by atoms with Crippen LogP contribution in [0.1, 0.15) is 22.0 Å². The van der Waals surface area contributed by atoms with Crippen molar-refractivity contribution >= 4 is 24.2 Å². The molecule has 2 aromatic rings. The highest BCUT2D eigenvalue weighted by molar-refractivity contribution is 5.95. The van der Waals surface area contributed by atoms with E-state index in [-0.39, 0.29) is 36.8 Å². The third-order valence-electron chi connectivity index (χ3n) is 4.52. The summed E-state index contributed by atoms with van der Waals surface area (Å²) < 4.78 is 24.2. The van der Waals surface area contributed by atoms with E-state index in [0.29, 0.717) is 36.7 Å². The number of benzene rings is 2. The molecule has 3 N–H and O–H groups in total. The largest absolute Gasteiger partial charge is 0.493 e. The summed E-state index contributed by atoms with van der Waals surface area (Å²) in [5, 5.41) is 3.24. The maximum Gasteiger partial charge on any atom is 0.255 e. The summed E-state index contributed by atoms with van der Waals surface area (Å²) in [6, 6.07) is 10.7. The molecule has 1 aliphatic heterocycles. The van der Waals surface area contributed by atoms with Gasteiger partial charge in [-0.25, -0.2) is 4.39 Å². The minimum absolute atomic E-state index is 0. The molecule has 0 radical (unpaired) electrons. The van der Waals surface area contributed by atoms with E-state index in [1.807, 2.05) is 6.07 Å². The summed E-state index contributed by atoms with van der Waals surface area (Å²) in [5.74, 6) is -0.506. The van der Waals surface area contributed by atoms with Crippen LogP contribution in [0.15, 0.2) is 42.5 Å². The van der Waals surface area contributed by atoms with Crippen LogP contribution < -0.4 is 20.5 Å². The quantitative estimate of drug-likeness (QED) is 0.740. The number of carbonyl (C=O) groups is 2. The molecule has 0 aromatic heterocycles. The van der Waals surface area contributed by atoms with Crippen LogP contribution in [-0.4, -0.2) is 50.1 Å². The monoisotopic (exact) mass is 423 g/mol. The van der Waals surface area contributed by atoms with Gasteiger partial charge in [-0.3, -0.25) is 9.59 Å². The number of hydrogen-bond donors (Lipinski definition) is 2. The molecule has 9 heteroatoms. The van der Waals surface area contributed by atoms with Crippen molar-refractivity contribution in [2.75, 3.05) is 33.4 Å². The van der Waals surface area contributed by atoms with Gasteiger partial charge in [0.25, 0.3) is 11.8 Å². The predicted octanol–water partition coefficient (Wildman–Crippen LogP) is 1.91. The van der Waals surface area contributed by atoms with E-state index in [1.165, 1.54) is 19.2 Å². The lowest BCUT2D eigenvalue weighted by atomic mass is 10.0. The number of nitrogens with one attached hydrogen (secondary N) is 1. The van der Waals surface area contributed by atoms with Gasteiger partial charge in [0.2, 0.25) is 0 Å². The Morgan fingerprint density at radius 1 is 1.24 bits per heavy atom. The number of methoxy groups -OCH3 is 1. The Morgan fingerprint density at radius 2 is 2.03 bits per heavy atom. The Kier molecular flexibility index (Phi) is 7.81. The first kappa shape index (κ1) is 22.4. The van der Waals surface area contributed by atoms with Gasteiger partial charge in [-0.2, -0.15) is 0 Å². The maximum absolute atomic E-state index is 13.7. The molecule has 0 spiro atoms. The molecule has 156 valence electrons. The molecule has 29 heavy (non-hydrogen) atoms. The molecule has 2 aromatic carbocycles. The number of halogens is 2. The zero-order valence-electron chi connectivity index (χ0n) is 15.9. The van der Waals surface area contributed by atoms with E-state index < -0.39 is 5.91 Å². The van der Waals surface area contributed by atoms with Crippen LogP contribution in [0.4, 0.5) is 4.39 Å². The number of primary amides is 1. The Balaban J connectivity index is 0.00000300. The van der Waals surface area contributed by atoms with Gasteiger partial charge < -0.3 is 25.4 Å². The van der Waals surface area contributed by atoms with E-state index in [9.17, 15) is 14.0 Å². The molecule has 2 amide bonds. The van der Waals surface area contributed by atoms with Crippen molar-refractivity contribution in [3.63, 3.8) is 0 Å². The first-order valence-corrected chi connectivity index (χ1v) is 8.86. The van der Waals surface area contributed by atoms with Crippen molar-refractivity contribution in [3.8, 4) is 11.5 Å². The third-order valence-corrected chi connectivity index (χ3v) is 4.52. The molecule has 1 fully saturated rings.